The molecule has 36 heavy (non-hydrogen) atoms. The van der Waals surface area contributed by atoms with Gasteiger partial charge in [0.05, 0.1) is 38.3 Å². The Morgan fingerprint density at radius 3 is 2.19 bits per heavy atom. The first-order valence-electron chi connectivity index (χ1n) is 11.3. The molecule has 4 aromatic rings. The van der Waals surface area contributed by atoms with Crippen LogP contribution in [0.5, 0.6) is 17.2 Å². The van der Waals surface area contributed by atoms with Crippen LogP contribution in [0.1, 0.15) is 38.9 Å². The Labute approximate surface area is 216 Å². The molecule has 1 atom stereocenters. The highest BCUT2D eigenvalue weighted by molar-refractivity contribution is 9.10. The van der Waals surface area contributed by atoms with Gasteiger partial charge in [0, 0.05) is 11.0 Å². The van der Waals surface area contributed by atoms with Crippen LogP contribution in [0.3, 0.4) is 0 Å². The molecule has 0 bridgehead atoms. The van der Waals surface area contributed by atoms with Crippen molar-refractivity contribution in [2.75, 3.05) is 21.3 Å². The Morgan fingerprint density at radius 2 is 1.58 bits per heavy atom. The van der Waals surface area contributed by atoms with Crippen molar-refractivity contribution in [1.82, 2.24) is 4.90 Å². The third-order valence-electron chi connectivity index (χ3n) is 6.40. The first kappa shape index (κ1) is 23.9. The number of amides is 1. The average molecular weight is 550 g/mol. The highest BCUT2D eigenvalue weighted by Crippen LogP contribution is 2.45. The first-order valence-corrected chi connectivity index (χ1v) is 12.1. The van der Waals surface area contributed by atoms with Crippen molar-refractivity contribution in [3.05, 3.63) is 97.3 Å². The van der Waals surface area contributed by atoms with E-state index in [0.717, 1.165) is 15.6 Å². The van der Waals surface area contributed by atoms with Crippen LogP contribution in [0.15, 0.2) is 68.3 Å². The van der Waals surface area contributed by atoms with E-state index in [2.05, 4.69) is 15.9 Å². The van der Waals surface area contributed by atoms with Crippen molar-refractivity contribution < 1.29 is 23.4 Å². The second-order valence-electron chi connectivity index (χ2n) is 8.59. The zero-order valence-electron chi connectivity index (χ0n) is 20.3. The molecule has 0 saturated carbocycles. The lowest BCUT2D eigenvalue weighted by Crippen LogP contribution is -2.29. The van der Waals surface area contributed by atoms with Gasteiger partial charge in [0.1, 0.15) is 5.58 Å². The van der Waals surface area contributed by atoms with Crippen molar-refractivity contribution >= 4 is 32.8 Å². The molecule has 1 aromatic heterocycles. The molecule has 1 aliphatic heterocycles. The molecule has 8 heteroatoms. The van der Waals surface area contributed by atoms with Crippen molar-refractivity contribution in [2.24, 2.45) is 0 Å². The molecule has 7 nitrogen and oxygen atoms in total. The smallest absolute Gasteiger partial charge is 0.291 e. The molecular formula is C28H24BrNO6. The summed E-state index contributed by atoms with van der Waals surface area (Å²) in [5.74, 6) is 0.965. The number of hydrogen-bond donors (Lipinski definition) is 0. The van der Waals surface area contributed by atoms with Crippen LogP contribution in [0, 0.1) is 6.92 Å². The van der Waals surface area contributed by atoms with Gasteiger partial charge in [-0.3, -0.25) is 9.59 Å². The van der Waals surface area contributed by atoms with Crippen LogP contribution in [0.4, 0.5) is 0 Å². The number of nitrogens with zero attached hydrogens (tertiary/aromatic N) is 1. The van der Waals surface area contributed by atoms with Crippen LogP contribution < -0.4 is 19.6 Å². The normalized spacial score (nSPS) is 14.8. The minimum absolute atomic E-state index is 0.0423. The van der Waals surface area contributed by atoms with Crippen molar-refractivity contribution in [3.63, 3.8) is 0 Å². The molecule has 1 amide bonds. The zero-order valence-corrected chi connectivity index (χ0v) is 21.8. The summed E-state index contributed by atoms with van der Waals surface area (Å²) in [6.45, 7) is 2.29. The monoisotopic (exact) mass is 549 g/mol. The van der Waals surface area contributed by atoms with E-state index in [-0.39, 0.29) is 29.2 Å². The molecule has 1 unspecified atom stereocenters. The molecule has 0 N–H and O–H groups in total. The van der Waals surface area contributed by atoms with Crippen LogP contribution in [-0.2, 0) is 6.54 Å². The van der Waals surface area contributed by atoms with E-state index in [9.17, 15) is 9.59 Å². The van der Waals surface area contributed by atoms with Gasteiger partial charge in [-0.2, -0.15) is 0 Å². The van der Waals surface area contributed by atoms with Crippen molar-refractivity contribution in [2.45, 2.75) is 19.5 Å². The quantitative estimate of drug-likeness (QED) is 0.310. The number of carbonyl (C=O) groups is 1. The van der Waals surface area contributed by atoms with Gasteiger partial charge in [0.2, 0.25) is 11.5 Å². The first-order chi connectivity index (χ1) is 17.4. The van der Waals surface area contributed by atoms with Crippen molar-refractivity contribution in [1.29, 1.82) is 0 Å². The topological polar surface area (TPSA) is 78.2 Å². The molecule has 0 saturated heterocycles. The molecule has 0 radical (unpaired) electrons. The molecule has 1 aliphatic rings. The lowest BCUT2D eigenvalue weighted by atomic mass is 9.97. The molecular weight excluding hydrogens is 526 g/mol. The van der Waals surface area contributed by atoms with E-state index in [1.807, 2.05) is 31.2 Å². The van der Waals surface area contributed by atoms with E-state index < -0.39 is 6.04 Å². The van der Waals surface area contributed by atoms with Crippen LogP contribution in [0.25, 0.3) is 11.0 Å². The second-order valence-corrected chi connectivity index (χ2v) is 9.51. The third kappa shape index (κ3) is 3.91. The Balaban J connectivity index is 1.76. The summed E-state index contributed by atoms with van der Waals surface area (Å²) in [7, 11) is 4.58. The largest absolute Gasteiger partial charge is 0.493 e. The Hall–Kier alpha value is -3.78. The highest BCUT2D eigenvalue weighted by Gasteiger charge is 2.43. The second kappa shape index (κ2) is 9.35. The Kier molecular flexibility index (Phi) is 6.22. The number of halogens is 1. The highest BCUT2D eigenvalue weighted by atomic mass is 79.9. The Morgan fingerprint density at radius 1 is 0.917 bits per heavy atom. The molecule has 2 heterocycles. The number of methoxy groups -OCH3 is 3. The number of carbonyl (C=O) groups excluding carboxylic acids is 1. The minimum Gasteiger partial charge on any atom is -0.493 e. The number of hydrogen-bond acceptors (Lipinski definition) is 6. The summed E-state index contributed by atoms with van der Waals surface area (Å²) >= 11 is 3.43. The predicted molar refractivity (Wildman–Crippen MR) is 139 cm³/mol. The van der Waals surface area contributed by atoms with E-state index in [0.29, 0.717) is 33.8 Å². The molecule has 0 aliphatic carbocycles. The number of ether oxygens (including phenoxy) is 3. The fourth-order valence-electron chi connectivity index (χ4n) is 4.65. The summed E-state index contributed by atoms with van der Waals surface area (Å²) in [6, 6.07) is 15.9. The van der Waals surface area contributed by atoms with E-state index in [1.54, 1.807) is 35.2 Å². The minimum atomic E-state index is -0.720. The summed E-state index contributed by atoms with van der Waals surface area (Å²) in [4.78, 5) is 29.2. The summed E-state index contributed by atoms with van der Waals surface area (Å²) in [5, 5.41) is 0.394. The van der Waals surface area contributed by atoms with E-state index in [1.165, 1.54) is 21.3 Å². The average Bonchev–Trinajstić information content (AvgIpc) is 3.16. The van der Waals surface area contributed by atoms with Gasteiger partial charge in [-0.1, -0.05) is 45.8 Å². The van der Waals surface area contributed by atoms with Gasteiger partial charge in [-0.25, -0.2) is 0 Å². The molecule has 3 aromatic carbocycles. The van der Waals surface area contributed by atoms with Gasteiger partial charge >= 0.3 is 0 Å². The summed E-state index contributed by atoms with van der Waals surface area (Å²) in [5.41, 5.74) is 3.07. The molecule has 0 fully saturated rings. The Bertz CT molecular complexity index is 1520. The van der Waals surface area contributed by atoms with E-state index >= 15 is 0 Å². The molecule has 0 spiro atoms. The van der Waals surface area contributed by atoms with Crippen LogP contribution >= 0.6 is 15.9 Å². The zero-order chi connectivity index (χ0) is 25.6. The summed E-state index contributed by atoms with van der Waals surface area (Å²) < 4.78 is 23.4. The van der Waals surface area contributed by atoms with Gasteiger partial charge in [0.15, 0.2) is 16.9 Å². The van der Waals surface area contributed by atoms with Crippen molar-refractivity contribution in [3.8, 4) is 17.2 Å². The number of rotatable bonds is 6. The summed E-state index contributed by atoms with van der Waals surface area (Å²) in [6.07, 6.45) is 0. The van der Waals surface area contributed by atoms with Crippen LogP contribution in [0.2, 0.25) is 0 Å². The SMILES string of the molecule is COc1cc(C2c3c(oc4ccc(Br)cc4c3=O)C(=O)N2Cc2ccc(C)cc2)cc(OC)c1OC. The number of benzene rings is 3. The van der Waals surface area contributed by atoms with E-state index in [4.69, 9.17) is 18.6 Å². The maximum Gasteiger partial charge on any atom is 0.291 e. The fraction of sp³-hybridized carbons (Fsp3) is 0.214. The lowest BCUT2D eigenvalue weighted by Gasteiger charge is -2.26. The van der Waals surface area contributed by atoms with Gasteiger partial charge in [-0.15, -0.1) is 0 Å². The predicted octanol–water partition coefficient (Wildman–Crippen LogP) is 5.64. The van der Waals surface area contributed by atoms with Gasteiger partial charge < -0.3 is 23.5 Å². The standard InChI is InChI=1S/C28H24BrNO6/c1-15-5-7-16(8-6-15)14-30-24(17-11-21(33-2)26(35-4)22(12-17)34-3)23-25(31)19-13-18(29)9-10-20(19)36-27(23)28(30)32/h5-13,24H,14H2,1-4H3. The lowest BCUT2D eigenvalue weighted by molar-refractivity contribution is 0.0714. The van der Waals surface area contributed by atoms with Gasteiger partial charge in [0.25, 0.3) is 5.91 Å². The molecule has 184 valence electrons. The van der Waals surface area contributed by atoms with Crippen LogP contribution in [-0.4, -0.2) is 32.1 Å². The fourth-order valence-corrected chi connectivity index (χ4v) is 5.01. The molecule has 5 rings (SSSR count). The maximum atomic E-state index is 13.8. The maximum absolute atomic E-state index is 13.8. The van der Waals surface area contributed by atoms with Gasteiger partial charge in [-0.05, 0) is 48.4 Å². The third-order valence-corrected chi connectivity index (χ3v) is 6.90. The number of aryl methyl sites for hydroxylation is 1. The number of fused-ring (bicyclic) bond motifs is 2.